The molecule has 0 N–H and O–H groups in total. The topological polar surface area (TPSA) is 107 Å². The molecule has 0 aliphatic carbocycles. The minimum Gasteiger partial charge on any atom is -0.443 e. The lowest BCUT2D eigenvalue weighted by molar-refractivity contribution is 0.0598. The zero-order chi connectivity index (χ0) is 21.6. The van der Waals surface area contributed by atoms with E-state index in [2.05, 4.69) is 15.1 Å². The Morgan fingerprint density at radius 3 is 2.34 bits per heavy atom. The number of hydrogen-bond acceptors (Lipinski definition) is 7. The number of amides is 1. The van der Waals surface area contributed by atoms with E-state index in [-0.39, 0.29) is 16.0 Å². The van der Waals surface area contributed by atoms with E-state index in [1.165, 1.54) is 40.0 Å². The summed E-state index contributed by atoms with van der Waals surface area (Å²) in [5, 5.41) is 4.56. The van der Waals surface area contributed by atoms with E-state index < -0.39 is 21.5 Å². The van der Waals surface area contributed by atoms with Crippen LogP contribution >= 0.6 is 11.6 Å². The lowest BCUT2D eigenvalue weighted by Crippen LogP contribution is -2.34. The quantitative estimate of drug-likeness (QED) is 0.577. The van der Waals surface area contributed by atoms with Crippen molar-refractivity contribution < 1.29 is 17.9 Å². The van der Waals surface area contributed by atoms with Crippen molar-refractivity contribution in [2.45, 2.75) is 31.3 Å². The number of aryl methyl sites for hydroxylation is 1. The summed E-state index contributed by atoms with van der Waals surface area (Å²) in [5.74, 6) is 0.175. The number of aromatic nitrogens is 4. The van der Waals surface area contributed by atoms with Crippen LogP contribution in [0.2, 0.25) is 5.28 Å². The first-order valence-corrected chi connectivity index (χ1v) is 10.8. The highest BCUT2D eigenvalue weighted by atomic mass is 35.5. The van der Waals surface area contributed by atoms with Crippen molar-refractivity contribution in [2.24, 2.45) is 7.05 Å². The molecule has 154 valence electrons. The summed E-state index contributed by atoms with van der Waals surface area (Å²) < 4.78 is 30.6. The SMILES string of the molecule is Cn1ncc2c(N(C(=O)OC(C)(C)C)c3ccc(S(C)(=O)=O)cc3)nc(Cl)nc21. The van der Waals surface area contributed by atoms with E-state index in [0.717, 1.165) is 6.26 Å². The first-order valence-electron chi connectivity index (χ1n) is 8.55. The van der Waals surface area contributed by atoms with Crippen LogP contribution in [0.25, 0.3) is 11.0 Å². The molecule has 0 radical (unpaired) electrons. The average Bonchev–Trinajstić information content (AvgIpc) is 2.94. The van der Waals surface area contributed by atoms with Crippen molar-refractivity contribution in [3.05, 3.63) is 35.7 Å². The van der Waals surface area contributed by atoms with E-state index in [1.54, 1.807) is 27.8 Å². The molecule has 0 aliphatic heterocycles. The third-order valence-corrected chi connectivity index (χ3v) is 5.15. The number of fused-ring (bicyclic) bond motifs is 1. The highest BCUT2D eigenvalue weighted by Crippen LogP contribution is 2.33. The van der Waals surface area contributed by atoms with Gasteiger partial charge < -0.3 is 4.74 Å². The van der Waals surface area contributed by atoms with Crippen molar-refractivity contribution in [1.29, 1.82) is 0 Å². The van der Waals surface area contributed by atoms with Gasteiger partial charge in [-0.25, -0.2) is 18.1 Å². The lowest BCUT2D eigenvalue weighted by Gasteiger charge is -2.27. The zero-order valence-corrected chi connectivity index (χ0v) is 18.1. The lowest BCUT2D eigenvalue weighted by atomic mass is 10.2. The standard InChI is InChI=1S/C18H20ClN5O4S/c1-18(2,3)28-17(25)24(11-6-8-12(9-7-11)29(5,26)27)15-13-10-20-23(4)14(13)21-16(19)22-15/h6-10H,1-5H3. The van der Waals surface area contributed by atoms with Crippen LogP contribution in [0.3, 0.4) is 0 Å². The smallest absolute Gasteiger partial charge is 0.420 e. The van der Waals surface area contributed by atoms with Crippen LogP contribution in [-0.4, -0.2) is 46.1 Å². The molecule has 3 rings (SSSR count). The Morgan fingerprint density at radius 1 is 1.17 bits per heavy atom. The molecule has 2 aromatic heterocycles. The van der Waals surface area contributed by atoms with Gasteiger partial charge >= 0.3 is 6.09 Å². The van der Waals surface area contributed by atoms with E-state index in [1.807, 2.05) is 0 Å². The molecule has 29 heavy (non-hydrogen) atoms. The molecule has 0 unspecified atom stereocenters. The Bertz CT molecular complexity index is 1180. The van der Waals surface area contributed by atoms with E-state index >= 15 is 0 Å². The molecule has 0 atom stereocenters. The Balaban J connectivity index is 2.21. The van der Waals surface area contributed by atoms with Gasteiger partial charge in [-0.05, 0) is 56.6 Å². The molecule has 0 fully saturated rings. The fourth-order valence-corrected chi connectivity index (χ4v) is 3.41. The first-order chi connectivity index (χ1) is 13.4. The molecule has 0 saturated carbocycles. The molecule has 11 heteroatoms. The van der Waals surface area contributed by atoms with Gasteiger partial charge in [0, 0.05) is 13.3 Å². The fourth-order valence-electron chi connectivity index (χ4n) is 2.62. The summed E-state index contributed by atoms with van der Waals surface area (Å²) in [4.78, 5) is 22.8. The second kappa shape index (κ2) is 7.27. The van der Waals surface area contributed by atoms with Gasteiger partial charge in [0.15, 0.2) is 21.3 Å². The Morgan fingerprint density at radius 2 is 1.79 bits per heavy atom. The van der Waals surface area contributed by atoms with Crippen LogP contribution in [0.15, 0.2) is 35.4 Å². The van der Waals surface area contributed by atoms with Crippen molar-refractivity contribution in [1.82, 2.24) is 19.7 Å². The minimum absolute atomic E-state index is 0.0718. The van der Waals surface area contributed by atoms with E-state index in [4.69, 9.17) is 16.3 Å². The van der Waals surface area contributed by atoms with Crippen molar-refractivity contribution in [3.63, 3.8) is 0 Å². The van der Waals surface area contributed by atoms with Gasteiger partial charge in [-0.2, -0.15) is 15.1 Å². The number of sulfone groups is 1. The normalized spacial score (nSPS) is 12.2. The number of rotatable bonds is 3. The molecular weight excluding hydrogens is 418 g/mol. The van der Waals surface area contributed by atoms with E-state index in [0.29, 0.717) is 16.7 Å². The Hall–Kier alpha value is -2.72. The third kappa shape index (κ3) is 4.48. The molecule has 3 aromatic rings. The van der Waals surface area contributed by atoms with Crippen LogP contribution in [0.5, 0.6) is 0 Å². The molecule has 9 nitrogen and oxygen atoms in total. The van der Waals surface area contributed by atoms with Crippen LogP contribution in [0.1, 0.15) is 20.8 Å². The van der Waals surface area contributed by atoms with Crippen molar-refractivity contribution >= 4 is 50.1 Å². The summed E-state index contributed by atoms with van der Waals surface area (Å²) in [6, 6.07) is 5.81. The summed E-state index contributed by atoms with van der Waals surface area (Å²) in [6.07, 6.45) is 1.92. The van der Waals surface area contributed by atoms with Gasteiger partial charge in [-0.1, -0.05) is 0 Å². The third-order valence-electron chi connectivity index (χ3n) is 3.86. The zero-order valence-electron chi connectivity index (χ0n) is 16.5. The van der Waals surface area contributed by atoms with Crippen molar-refractivity contribution in [2.75, 3.05) is 11.2 Å². The second-order valence-corrected chi connectivity index (χ2v) is 9.76. The molecule has 0 spiro atoms. The number of nitrogens with zero attached hydrogens (tertiary/aromatic N) is 5. The predicted molar refractivity (Wildman–Crippen MR) is 109 cm³/mol. The molecule has 0 bridgehead atoms. The predicted octanol–water partition coefficient (Wildman–Crippen LogP) is 3.49. The largest absolute Gasteiger partial charge is 0.443 e. The van der Waals surface area contributed by atoms with Crippen LogP contribution in [-0.2, 0) is 21.6 Å². The number of hydrogen-bond donors (Lipinski definition) is 0. The minimum atomic E-state index is -3.39. The maximum atomic E-state index is 13.1. The second-order valence-electron chi connectivity index (χ2n) is 7.40. The van der Waals surface area contributed by atoms with Gasteiger partial charge in [-0.15, -0.1) is 0 Å². The highest BCUT2D eigenvalue weighted by Gasteiger charge is 2.29. The van der Waals surface area contributed by atoms with Gasteiger partial charge in [0.2, 0.25) is 5.28 Å². The molecular formula is C18H20ClN5O4S. The fraction of sp³-hybridized carbons (Fsp3) is 0.333. The Kier molecular flexibility index (Phi) is 5.26. The maximum absolute atomic E-state index is 13.1. The number of carbonyl (C=O) groups excluding carboxylic acids is 1. The summed E-state index contributed by atoms with van der Waals surface area (Å²) in [5.41, 5.74) is 0.0142. The molecule has 1 aromatic carbocycles. The number of benzene rings is 1. The van der Waals surface area contributed by atoms with Gasteiger partial charge in [-0.3, -0.25) is 4.68 Å². The first kappa shape index (κ1) is 21.0. The van der Waals surface area contributed by atoms with Crippen molar-refractivity contribution in [3.8, 4) is 0 Å². The number of ether oxygens (including phenoxy) is 1. The molecule has 0 aliphatic rings. The maximum Gasteiger partial charge on any atom is 0.420 e. The number of anilines is 2. The monoisotopic (exact) mass is 437 g/mol. The van der Waals surface area contributed by atoms with Crippen LogP contribution < -0.4 is 4.90 Å². The summed E-state index contributed by atoms with van der Waals surface area (Å²) >= 11 is 6.09. The summed E-state index contributed by atoms with van der Waals surface area (Å²) in [7, 11) is -1.70. The Labute approximate surface area is 173 Å². The van der Waals surface area contributed by atoms with E-state index in [9.17, 15) is 13.2 Å². The summed E-state index contributed by atoms with van der Waals surface area (Å²) in [6.45, 7) is 5.22. The average molecular weight is 438 g/mol. The molecule has 1 amide bonds. The van der Waals surface area contributed by atoms with Crippen LogP contribution in [0, 0.1) is 0 Å². The molecule has 0 saturated heterocycles. The number of halogens is 1. The molecule has 2 heterocycles. The van der Waals surface area contributed by atoms with Gasteiger partial charge in [0.1, 0.15) is 5.60 Å². The van der Waals surface area contributed by atoms with Gasteiger partial charge in [0.25, 0.3) is 0 Å². The number of carbonyl (C=O) groups is 1. The van der Waals surface area contributed by atoms with Gasteiger partial charge in [0.05, 0.1) is 22.2 Å². The highest BCUT2D eigenvalue weighted by molar-refractivity contribution is 7.90. The van der Waals surface area contributed by atoms with Crippen LogP contribution in [0.4, 0.5) is 16.3 Å².